The van der Waals surface area contributed by atoms with E-state index < -0.39 is 11.9 Å². The third-order valence-electron chi connectivity index (χ3n) is 2.70. The molecule has 1 aliphatic rings. The molecule has 0 aromatic heterocycles. The molecule has 5 heteroatoms. The summed E-state index contributed by atoms with van der Waals surface area (Å²) in [6.07, 6.45) is 3.78. The molecule has 0 saturated carbocycles. The molecule has 0 radical (unpaired) electrons. The molecular weight excluding hydrogens is 243 g/mol. The average Bonchev–Trinajstić information content (AvgIpc) is 2.35. The summed E-state index contributed by atoms with van der Waals surface area (Å²) in [6, 6.07) is 4.01. The molecule has 17 heavy (non-hydrogen) atoms. The zero-order chi connectivity index (χ0) is 12.3. The molecule has 0 fully saturated rings. The molecule has 0 bridgehead atoms. The van der Waals surface area contributed by atoms with Crippen LogP contribution in [0.5, 0.6) is 0 Å². The molecule has 0 amide bonds. The van der Waals surface area contributed by atoms with Gasteiger partial charge in [0.2, 0.25) is 0 Å². The van der Waals surface area contributed by atoms with Crippen molar-refractivity contribution >= 4 is 11.6 Å². The van der Waals surface area contributed by atoms with E-state index in [0.29, 0.717) is 23.0 Å². The Kier molecular flexibility index (Phi) is 3.99. The number of halogens is 2. The van der Waals surface area contributed by atoms with Crippen molar-refractivity contribution < 1.29 is 9.13 Å². The Labute approximate surface area is 104 Å². The van der Waals surface area contributed by atoms with Crippen LogP contribution in [0.3, 0.4) is 0 Å². The van der Waals surface area contributed by atoms with Crippen LogP contribution in [-0.2, 0) is 4.74 Å². The van der Waals surface area contributed by atoms with Gasteiger partial charge in [-0.2, -0.15) is 0 Å². The summed E-state index contributed by atoms with van der Waals surface area (Å²) in [7, 11) is 0. The van der Waals surface area contributed by atoms with Crippen LogP contribution in [0.4, 0.5) is 4.39 Å². The van der Waals surface area contributed by atoms with Gasteiger partial charge in [0.1, 0.15) is 17.6 Å². The van der Waals surface area contributed by atoms with Gasteiger partial charge in [0.15, 0.2) is 0 Å². The maximum atomic E-state index is 13.8. The van der Waals surface area contributed by atoms with E-state index in [1.54, 1.807) is 12.1 Å². The maximum absolute atomic E-state index is 13.8. The molecule has 1 atom stereocenters. The summed E-state index contributed by atoms with van der Waals surface area (Å²) in [5.74, 6) is 5.71. The fourth-order valence-corrected chi connectivity index (χ4v) is 2.14. The van der Waals surface area contributed by atoms with Gasteiger partial charge < -0.3 is 4.74 Å². The lowest BCUT2D eigenvalue weighted by molar-refractivity contribution is 0.167. The number of ether oxygens (including phenoxy) is 1. The van der Waals surface area contributed by atoms with Crippen molar-refractivity contribution in [3.05, 3.63) is 46.4 Å². The van der Waals surface area contributed by atoms with Crippen LogP contribution in [0.25, 0.3) is 0 Å². The number of allylic oxidation sites excluding steroid dienone is 1. The fourth-order valence-electron chi connectivity index (χ4n) is 1.87. The third kappa shape index (κ3) is 2.60. The molecule has 0 aliphatic carbocycles. The van der Waals surface area contributed by atoms with Gasteiger partial charge in [0.25, 0.3) is 0 Å². The number of nitrogens with one attached hydrogen (secondary N) is 1. The van der Waals surface area contributed by atoms with Gasteiger partial charge in [0, 0.05) is 10.6 Å². The first-order valence-corrected chi connectivity index (χ1v) is 5.84. The molecular formula is C12H14ClFN2O. The van der Waals surface area contributed by atoms with Crippen LogP contribution in [0.1, 0.15) is 24.4 Å². The van der Waals surface area contributed by atoms with Crippen LogP contribution in [-0.4, -0.2) is 6.61 Å². The second-order valence-corrected chi connectivity index (χ2v) is 4.24. The highest BCUT2D eigenvalue weighted by Gasteiger charge is 2.24. The molecule has 1 aromatic rings. The summed E-state index contributed by atoms with van der Waals surface area (Å²) in [6.45, 7) is 0.621. The number of rotatable bonds is 3. The van der Waals surface area contributed by atoms with E-state index in [1.165, 1.54) is 6.07 Å². The minimum atomic E-state index is -0.538. The second-order valence-electron chi connectivity index (χ2n) is 3.83. The van der Waals surface area contributed by atoms with Crippen molar-refractivity contribution in [2.24, 2.45) is 5.84 Å². The Bertz CT molecular complexity index is 416. The third-order valence-corrected chi connectivity index (χ3v) is 3.03. The Hall–Kier alpha value is -1.10. The quantitative estimate of drug-likeness (QED) is 0.646. The molecule has 2 rings (SSSR count). The first-order valence-electron chi connectivity index (χ1n) is 5.47. The number of hydrogen-bond donors (Lipinski definition) is 2. The highest BCUT2D eigenvalue weighted by atomic mass is 35.5. The SMILES string of the molecule is NNC(C1=CCCCO1)c1c(F)cccc1Cl. The van der Waals surface area contributed by atoms with Gasteiger partial charge in [-0.1, -0.05) is 17.7 Å². The normalized spacial score (nSPS) is 17.2. The van der Waals surface area contributed by atoms with Gasteiger partial charge in [-0.25, -0.2) is 9.82 Å². The highest BCUT2D eigenvalue weighted by molar-refractivity contribution is 6.31. The van der Waals surface area contributed by atoms with E-state index in [0.717, 1.165) is 12.8 Å². The smallest absolute Gasteiger partial charge is 0.129 e. The summed E-state index contributed by atoms with van der Waals surface area (Å²) < 4.78 is 19.3. The molecule has 1 aliphatic heterocycles. The van der Waals surface area contributed by atoms with E-state index in [4.69, 9.17) is 22.2 Å². The highest BCUT2D eigenvalue weighted by Crippen LogP contribution is 2.32. The Morgan fingerprint density at radius 2 is 2.29 bits per heavy atom. The predicted octanol–water partition coefficient (Wildman–Crippen LogP) is 2.68. The van der Waals surface area contributed by atoms with Crippen LogP contribution in [0.15, 0.2) is 30.0 Å². The molecule has 0 saturated heterocycles. The largest absolute Gasteiger partial charge is 0.496 e. The summed E-state index contributed by atoms with van der Waals surface area (Å²) >= 11 is 6.00. The molecule has 1 heterocycles. The van der Waals surface area contributed by atoms with Gasteiger partial charge in [0.05, 0.1) is 6.61 Å². The lowest BCUT2D eigenvalue weighted by Gasteiger charge is -2.24. The minimum absolute atomic E-state index is 0.324. The lowest BCUT2D eigenvalue weighted by atomic mass is 10.0. The van der Waals surface area contributed by atoms with E-state index >= 15 is 0 Å². The number of hydrazine groups is 1. The zero-order valence-electron chi connectivity index (χ0n) is 9.25. The summed E-state index contributed by atoms with van der Waals surface area (Å²) in [4.78, 5) is 0. The van der Waals surface area contributed by atoms with Crippen LogP contribution in [0, 0.1) is 5.82 Å². The van der Waals surface area contributed by atoms with Crippen LogP contribution < -0.4 is 11.3 Å². The molecule has 92 valence electrons. The summed E-state index contributed by atoms with van der Waals surface area (Å²) in [5, 5.41) is 0.336. The Morgan fingerprint density at radius 1 is 1.47 bits per heavy atom. The molecule has 0 spiro atoms. The summed E-state index contributed by atoms with van der Waals surface area (Å²) in [5.41, 5.74) is 2.88. The Morgan fingerprint density at radius 3 is 2.88 bits per heavy atom. The molecule has 3 nitrogen and oxygen atoms in total. The number of hydrogen-bond acceptors (Lipinski definition) is 3. The van der Waals surface area contributed by atoms with E-state index in [9.17, 15) is 4.39 Å². The molecule has 1 aromatic carbocycles. The van der Waals surface area contributed by atoms with Crippen LogP contribution >= 0.6 is 11.6 Å². The first-order chi connectivity index (χ1) is 8.24. The van der Waals surface area contributed by atoms with Crippen molar-refractivity contribution in [1.82, 2.24) is 5.43 Å². The van der Waals surface area contributed by atoms with Crippen LogP contribution in [0.2, 0.25) is 5.02 Å². The second kappa shape index (κ2) is 5.49. The molecule has 3 N–H and O–H groups in total. The first kappa shape index (κ1) is 12.4. The van der Waals surface area contributed by atoms with Crippen molar-refractivity contribution in [3.63, 3.8) is 0 Å². The monoisotopic (exact) mass is 256 g/mol. The fraction of sp³-hybridized carbons (Fsp3) is 0.333. The van der Waals surface area contributed by atoms with Crippen molar-refractivity contribution in [3.8, 4) is 0 Å². The van der Waals surface area contributed by atoms with Crippen molar-refractivity contribution in [2.45, 2.75) is 18.9 Å². The van der Waals surface area contributed by atoms with Crippen molar-refractivity contribution in [1.29, 1.82) is 0 Å². The topological polar surface area (TPSA) is 47.3 Å². The van der Waals surface area contributed by atoms with Gasteiger partial charge in [-0.3, -0.25) is 5.84 Å². The lowest BCUT2D eigenvalue weighted by Crippen LogP contribution is -2.32. The Balaban J connectivity index is 2.38. The van der Waals surface area contributed by atoms with Crippen molar-refractivity contribution in [2.75, 3.05) is 6.61 Å². The van der Waals surface area contributed by atoms with Gasteiger partial charge in [-0.05, 0) is 31.1 Å². The number of nitrogens with two attached hydrogens (primary N) is 1. The maximum Gasteiger partial charge on any atom is 0.129 e. The van der Waals surface area contributed by atoms with E-state index in [2.05, 4.69) is 5.43 Å². The zero-order valence-corrected chi connectivity index (χ0v) is 10.0. The van der Waals surface area contributed by atoms with Gasteiger partial charge >= 0.3 is 0 Å². The number of benzene rings is 1. The minimum Gasteiger partial charge on any atom is -0.496 e. The standard InChI is InChI=1S/C12H14ClFN2O/c13-8-4-3-5-9(14)11(8)12(16-15)10-6-1-2-7-17-10/h3-6,12,16H,1-2,7,15H2. The molecule has 1 unspecified atom stereocenters. The van der Waals surface area contributed by atoms with Gasteiger partial charge in [-0.15, -0.1) is 0 Å². The average molecular weight is 257 g/mol. The predicted molar refractivity (Wildman–Crippen MR) is 64.7 cm³/mol. The van der Waals surface area contributed by atoms with E-state index in [1.807, 2.05) is 6.08 Å². The van der Waals surface area contributed by atoms with E-state index in [-0.39, 0.29) is 0 Å².